The van der Waals surface area contributed by atoms with Crippen molar-refractivity contribution in [1.29, 1.82) is 5.26 Å². The van der Waals surface area contributed by atoms with Crippen LogP contribution in [0.3, 0.4) is 0 Å². The molecule has 0 spiro atoms. The zero-order valence-electron chi connectivity index (χ0n) is 7.25. The van der Waals surface area contributed by atoms with E-state index >= 15 is 0 Å². The van der Waals surface area contributed by atoms with Gasteiger partial charge in [0.2, 0.25) is 0 Å². The summed E-state index contributed by atoms with van der Waals surface area (Å²) in [5.74, 6) is -0.397. The van der Waals surface area contributed by atoms with Gasteiger partial charge in [-0.3, -0.25) is 4.79 Å². The molecular formula is C9H8ClN3O. The molecule has 5 heteroatoms. The minimum Gasteiger partial charge on any atom is -0.398 e. The topological polar surface area (TPSA) is 78.9 Å². The van der Waals surface area contributed by atoms with Crippen LogP contribution in [-0.2, 0) is 0 Å². The number of amides is 1. The van der Waals surface area contributed by atoms with Gasteiger partial charge in [0.1, 0.15) is 6.54 Å². The molecule has 0 fully saturated rings. The van der Waals surface area contributed by atoms with E-state index in [1.807, 2.05) is 0 Å². The first kappa shape index (κ1) is 10.4. The van der Waals surface area contributed by atoms with E-state index in [1.165, 1.54) is 6.07 Å². The maximum Gasteiger partial charge on any atom is 0.254 e. The van der Waals surface area contributed by atoms with Gasteiger partial charge >= 0.3 is 0 Å². The Balaban J connectivity index is 2.90. The summed E-state index contributed by atoms with van der Waals surface area (Å²) in [5.41, 5.74) is 6.18. The third-order valence-corrected chi connectivity index (χ3v) is 1.82. The van der Waals surface area contributed by atoms with Crippen molar-refractivity contribution in [3.05, 3.63) is 28.8 Å². The lowest BCUT2D eigenvalue weighted by molar-refractivity contribution is 0.0959. The first-order valence-corrected chi connectivity index (χ1v) is 4.23. The van der Waals surface area contributed by atoms with E-state index in [9.17, 15) is 4.79 Å². The largest absolute Gasteiger partial charge is 0.398 e. The zero-order valence-corrected chi connectivity index (χ0v) is 8.01. The molecule has 0 saturated heterocycles. The highest BCUT2D eigenvalue weighted by molar-refractivity contribution is 6.31. The standard InChI is InChI=1S/C9H8ClN3O/c10-6-1-2-8(12)7(5-6)9(14)13-4-3-11/h1-2,5H,4,12H2,(H,13,14). The molecule has 0 unspecified atom stereocenters. The maximum absolute atomic E-state index is 11.4. The van der Waals surface area contributed by atoms with E-state index in [1.54, 1.807) is 18.2 Å². The van der Waals surface area contributed by atoms with Crippen LogP contribution in [0.5, 0.6) is 0 Å². The molecule has 0 aliphatic rings. The van der Waals surface area contributed by atoms with E-state index in [2.05, 4.69) is 5.32 Å². The third-order valence-electron chi connectivity index (χ3n) is 1.59. The van der Waals surface area contributed by atoms with Crippen molar-refractivity contribution in [1.82, 2.24) is 5.32 Å². The van der Waals surface area contributed by atoms with Crippen LogP contribution in [0.4, 0.5) is 5.69 Å². The van der Waals surface area contributed by atoms with Crippen LogP contribution in [0.25, 0.3) is 0 Å². The highest BCUT2D eigenvalue weighted by atomic mass is 35.5. The number of hydrogen-bond acceptors (Lipinski definition) is 3. The van der Waals surface area contributed by atoms with Crippen molar-refractivity contribution in [2.75, 3.05) is 12.3 Å². The number of carbonyl (C=O) groups excluding carboxylic acids is 1. The summed E-state index contributed by atoms with van der Waals surface area (Å²) >= 11 is 5.69. The minimum atomic E-state index is -0.397. The zero-order chi connectivity index (χ0) is 10.6. The van der Waals surface area contributed by atoms with Gasteiger partial charge in [-0.15, -0.1) is 0 Å². The average molecular weight is 210 g/mol. The second-order valence-electron chi connectivity index (χ2n) is 2.57. The first-order chi connectivity index (χ1) is 6.65. The molecule has 0 radical (unpaired) electrons. The lowest BCUT2D eigenvalue weighted by Gasteiger charge is -2.04. The fourth-order valence-corrected chi connectivity index (χ4v) is 1.11. The fraction of sp³-hybridized carbons (Fsp3) is 0.111. The Labute approximate surface area is 86.3 Å². The van der Waals surface area contributed by atoms with Gasteiger partial charge in [0.25, 0.3) is 5.91 Å². The third kappa shape index (κ3) is 2.38. The highest BCUT2D eigenvalue weighted by Gasteiger charge is 2.08. The summed E-state index contributed by atoms with van der Waals surface area (Å²) in [6.45, 7) is -0.0508. The number of nitrogens with one attached hydrogen (secondary N) is 1. The SMILES string of the molecule is N#CCNC(=O)c1cc(Cl)ccc1N. The number of nitriles is 1. The normalized spacial score (nSPS) is 9.14. The van der Waals surface area contributed by atoms with E-state index < -0.39 is 5.91 Å². The average Bonchev–Trinajstić information content (AvgIpc) is 2.18. The number of rotatable bonds is 2. The Morgan fingerprint density at radius 3 is 3.00 bits per heavy atom. The Morgan fingerprint density at radius 2 is 2.36 bits per heavy atom. The van der Waals surface area contributed by atoms with Crippen molar-refractivity contribution in [2.24, 2.45) is 0 Å². The van der Waals surface area contributed by atoms with Crippen molar-refractivity contribution in [3.63, 3.8) is 0 Å². The lowest BCUT2D eigenvalue weighted by atomic mass is 10.1. The smallest absolute Gasteiger partial charge is 0.254 e. The van der Waals surface area contributed by atoms with Gasteiger partial charge in [-0.05, 0) is 18.2 Å². The molecule has 14 heavy (non-hydrogen) atoms. The lowest BCUT2D eigenvalue weighted by Crippen LogP contribution is -2.24. The molecule has 72 valence electrons. The summed E-state index contributed by atoms with van der Waals surface area (Å²) in [4.78, 5) is 11.4. The van der Waals surface area contributed by atoms with E-state index in [4.69, 9.17) is 22.6 Å². The Bertz CT molecular complexity index is 398. The molecule has 0 aromatic heterocycles. The van der Waals surface area contributed by atoms with Crippen LogP contribution >= 0.6 is 11.6 Å². The molecule has 0 aliphatic carbocycles. The van der Waals surface area contributed by atoms with Crippen molar-refractivity contribution >= 4 is 23.2 Å². The molecule has 1 aromatic carbocycles. The Morgan fingerprint density at radius 1 is 1.64 bits per heavy atom. The number of halogens is 1. The minimum absolute atomic E-state index is 0.0508. The van der Waals surface area contributed by atoms with Gasteiger partial charge in [0.05, 0.1) is 11.6 Å². The van der Waals surface area contributed by atoms with Crippen LogP contribution in [0.15, 0.2) is 18.2 Å². The summed E-state index contributed by atoms with van der Waals surface area (Å²) in [5, 5.41) is 11.1. The number of anilines is 1. The monoisotopic (exact) mass is 209 g/mol. The van der Waals surface area contributed by atoms with Crippen molar-refractivity contribution in [3.8, 4) is 6.07 Å². The number of nitrogens with two attached hydrogens (primary N) is 1. The maximum atomic E-state index is 11.4. The molecule has 0 heterocycles. The Kier molecular flexibility index (Phi) is 3.32. The van der Waals surface area contributed by atoms with Crippen molar-refractivity contribution in [2.45, 2.75) is 0 Å². The van der Waals surface area contributed by atoms with Gasteiger partial charge in [0, 0.05) is 10.7 Å². The second kappa shape index (κ2) is 4.49. The van der Waals surface area contributed by atoms with Gasteiger partial charge < -0.3 is 11.1 Å². The predicted octanol–water partition coefficient (Wildman–Crippen LogP) is 1.18. The number of benzene rings is 1. The number of carbonyl (C=O) groups is 1. The second-order valence-corrected chi connectivity index (χ2v) is 3.01. The van der Waals surface area contributed by atoms with E-state index in [0.717, 1.165) is 0 Å². The fourth-order valence-electron chi connectivity index (χ4n) is 0.940. The van der Waals surface area contributed by atoms with Crippen LogP contribution in [0, 0.1) is 11.3 Å². The van der Waals surface area contributed by atoms with Crippen LogP contribution in [0.1, 0.15) is 10.4 Å². The van der Waals surface area contributed by atoms with Gasteiger partial charge in [0.15, 0.2) is 0 Å². The summed E-state index contributed by atoms with van der Waals surface area (Å²) < 4.78 is 0. The predicted molar refractivity (Wildman–Crippen MR) is 53.8 cm³/mol. The van der Waals surface area contributed by atoms with Gasteiger partial charge in [-0.2, -0.15) is 5.26 Å². The van der Waals surface area contributed by atoms with Crippen LogP contribution < -0.4 is 11.1 Å². The molecule has 4 nitrogen and oxygen atoms in total. The van der Waals surface area contributed by atoms with E-state index in [0.29, 0.717) is 10.7 Å². The summed E-state index contributed by atoms with van der Waals surface area (Å²) in [7, 11) is 0. The van der Waals surface area contributed by atoms with Crippen LogP contribution in [0.2, 0.25) is 5.02 Å². The summed E-state index contributed by atoms with van der Waals surface area (Å²) in [6.07, 6.45) is 0. The molecule has 0 aliphatic heterocycles. The first-order valence-electron chi connectivity index (χ1n) is 3.85. The quantitative estimate of drug-likeness (QED) is 0.567. The molecule has 0 bridgehead atoms. The van der Waals surface area contributed by atoms with E-state index in [-0.39, 0.29) is 12.1 Å². The Hall–Kier alpha value is -1.73. The van der Waals surface area contributed by atoms with Gasteiger partial charge in [-0.25, -0.2) is 0 Å². The number of nitrogens with zero attached hydrogens (tertiary/aromatic N) is 1. The molecule has 3 N–H and O–H groups in total. The summed E-state index contributed by atoms with van der Waals surface area (Å²) in [6, 6.07) is 6.40. The number of nitrogen functional groups attached to an aromatic ring is 1. The molecule has 1 rings (SSSR count). The van der Waals surface area contributed by atoms with Gasteiger partial charge in [-0.1, -0.05) is 11.6 Å². The molecule has 0 saturated carbocycles. The molecule has 1 aromatic rings. The molecule has 0 atom stereocenters. The molecular weight excluding hydrogens is 202 g/mol. The van der Waals surface area contributed by atoms with Crippen molar-refractivity contribution < 1.29 is 4.79 Å². The molecule has 1 amide bonds. The number of hydrogen-bond donors (Lipinski definition) is 2. The van der Waals surface area contributed by atoms with Crippen LogP contribution in [-0.4, -0.2) is 12.5 Å². The highest BCUT2D eigenvalue weighted by Crippen LogP contribution is 2.17.